The summed E-state index contributed by atoms with van der Waals surface area (Å²) in [6.45, 7) is 3.92. The molecule has 6 heteroatoms. The zero-order valence-corrected chi connectivity index (χ0v) is 20.2. The molecule has 0 spiro atoms. The van der Waals surface area contributed by atoms with Gasteiger partial charge in [0.1, 0.15) is 5.75 Å². The van der Waals surface area contributed by atoms with E-state index in [9.17, 15) is 14.4 Å². The highest BCUT2D eigenvalue weighted by molar-refractivity contribution is 6.06. The van der Waals surface area contributed by atoms with Crippen molar-refractivity contribution in [3.63, 3.8) is 0 Å². The molecule has 0 radical (unpaired) electrons. The first kappa shape index (κ1) is 23.1. The monoisotopic (exact) mass is 470 g/mol. The number of aryl methyl sites for hydroxylation is 2. The number of hydrogen-bond donors (Lipinski definition) is 2. The predicted octanol–water partition coefficient (Wildman–Crippen LogP) is 5.02. The van der Waals surface area contributed by atoms with Crippen LogP contribution in [0.3, 0.4) is 0 Å². The summed E-state index contributed by atoms with van der Waals surface area (Å²) >= 11 is 0. The van der Waals surface area contributed by atoms with Crippen molar-refractivity contribution in [3.8, 4) is 5.75 Å². The maximum absolute atomic E-state index is 12.9. The number of hydrogen-bond acceptors (Lipinski definition) is 5. The quantitative estimate of drug-likeness (QED) is 0.641. The Hall–Kier alpha value is -3.67. The lowest BCUT2D eigenvalue weighted by atomic mass is 9.71. The van der Waals surface area contributed by atoms with Crippen LogP contribution in [0.2, 0.25) is 0 Å². The van der Waals surface area contributed by atoms with E-state index >= 15 is 0 Å². The summed E-state index contributed by atoms with van der Waals surface area (Å²) in [5.41, 5.74) is 7.36. The molecule has 1 heterocycles. The van der Waals surface area contributed by atoms with E-state index in [1.165, 1.54) is 5.56 Å². The Labute approximate surface area is 205 Å². The number of ketones is 2. The molecular weight excluding hydrogens is 440 g/mol. The van der Waals surface area contributed by atoms with Crippen LogP contribution in [0.15, 0.2) is 65.0 Å². The molecule has 0 saturated heterocycles. The van der Waals surface area contributed by atoms with Gasteiger partial charge in [0.15, 0.2) is 18.2 Å². The molecule has 3 aliphatic rings. The van der Waals surface area contributed by atoms with Gasteiger partial charge in [-0.15, -0.1) is 0 Å². The van der Waals surface area contributed by atoms with Crippen LogP contribution in [0.5, 0.6) is 5.75 Å². The van der Waals surface area contributed by atoms with Crippen LogP contribution in [0, 0.1) is 13.8 Å². The number of Topliss-reactive ketones (excluding diaryl/α,β-unsaturated/α-hetero) is 2. The fraction of sp³-hybridized carbons (Fsp3) is 0.345. The van der Waals surface area contributed by atoms with Gasteiger partial charge >= 0.3 is 0 Å². The zero-order valence-electron chi connectivity index (χ0n) is 20.2. The SMILES string of the molecule is Cc1ccc(NC(=O)COc2ccc(C3C4=C(CCCC4=O)NC4=C3C(=O)CCC4)cc2)cc1C. The van der Waals surface area contributed by atoms with Crippen LogP contribution in [0.25, 0.3) is 0 Å². The first-order valence-corrected chi connectivity index (χ1v) is 12.3. The highest BCUT2D eigenvalue weighted by Gasteiger charge is 2.40. The minimum Gasteiger partial charge on any atom is -0.484 e. The molecule has 0 unspecified atom stereocenters. The second-order valence-electron chi connectivity index (χ2n) is 9.60. The number of dihydropyridines is 1. The van der Waals surface area contributed by atoms with Crippen LogP contribution in [0.4, 0.5) is 5.69 Å². The van der Waals surface area contributed by atoms with Crippen LogP contribution < -0.4 is 15.4 Å². The maximum atomic E-state index is 12.9. The Balaban J connectivity index is 1.32. The van der Waals surface area contributed by atoms with Gasteiger partial charge in [-0.25, -0.2) is 0 Å². The smallest absolute Gasteiger partial charge is 0.262 e. The van der Waals surface area contributed by atoms with Crippen LogP contribution in [-0.4, -0.2) is 24.1 Å². The molecule has 2 aliphatic carbocycles. The number of amides is 1. The van der Waals surface area contributed by atoms with Gasteiger partial charge in [-0.05, 0) is 80.5 Å². The number of rotatable bonds is 5. The molecule has 0 bridgehead atoms. The Morgan fingerprint density at radius 1 is 0.886 bits per heavy atom. The highest BCUT2D eigenvalue weighted by atomic mass is 16.5. The number of carbonyl (C=O) groups excluding carboxylic acids is 3. The van der Waals surface area contributed by atoms with Gasteiger partial charge in [0.2, 0.25) is 0 Å². The largest absolute Gasteiger partial charge is 0.484 e. The summed E-state index contributed by atoms with van der Waals surface area (Å²) in [5, 5.41) is 6.29. The van der Waals surface area contributed by atoms with Crippen molar-refractivity contribution >= 4 is 23.2 Å². The lowest BCUT2D eigenvalue weighted by molar-refractivity contribution is -0.118. The van der Waals surface area contributed by atoms with E-state index in [-0.39, 0.29) is 30.0 Å². The van der Waals surface area contributed by atoms with Crippen LogP contribution >= 0.6 is 0 Å². The van der Waals surface area contributed by atoms with Gasteiger partial charge in [-0.1, -0.05) is 18.2 Å². The van der Waals surface area contributed by atoms with Gasteiger partial charge in [0, 0.05) is 47.0 Å². The van der Waals surface area contributed by atoms with Crippen molar-refractivity contribution in [2.24, 2.45) is 0 Å². The minimum atomic E-state index is -0.330. The van der Waals surface area contributed by atoms with Crippen LogP contribution in [0.1, 0.15) is 61.1 Å². The van der Waals surface area contributed by atoms with Crippen molar-refractivity contribution < 1.29 is 19.1 Å². The van der Waals surface area contributed by atoms with Crippen molar-refractivity contribution in [1.29, 1.82) is 0 Å². The van der Waals surface area contributed by atoms with Crippen LogP contribution in [-0.2, 0) is 14.4 Å². The first-order valence-electron chi connectivity index (χ1n) is 12.3. The predicted molar refractivity (Wildman–Crippen MR) is 134 cm³/mol. The molecule has 2 N–H and O–H groups in total. The van der Waals surface area contributed by atoms with E-state index in [0.717, 1.165) is 65.0 Å². The molecule has 0 atom stereocenters. The molecule has 2 aromatic rings. The standard InChI is InChI=1S/C29H30N2O4/c1-17-9-12-20(15-18(17)2)30-26(34)16-35-21-13-10-19(11-14-21)27-28-22(5-3-7-24(28)32)31-23-6-4-8-25(33)29(23)27/h9-15,27,31H,3-8,16H2,1-2H3,(H,30,34). The Morgan fingerprint density at radius 3 is 2.11 bits per heavy atom. The van der Waals surface area contributed by atoms with E-state index in [1.807, 2.05) is 56.3 Å². The normalized spacial score (nSPS) is 18.1. The molecule has 0 fully saturated rings. The summed E-state index contributed by atoms with van der Waals surface area (Å²) < 4.78 is 5.71. The minimum absolute atomic E-state index is 0.110. The maximum Gasteiger partial charge on any atom is 0.262 e. The Bertz CT molecular complexity index is 1230. The molecule has 0 saturated carbocycles. The molecule has 35 heavy (non-hydrogen) atoms. The molecule has 0 aromatic heterocycles. The number of allylic oxidation sites excluding steroid dienone is 4. The van der Waals surface area contributed by atoms with Gasteiger partial charge in [-0.3, -0.25) is 14.4 Å². The van der Waals surface area contributed by atoms with Crippen molar-refractivity contribution in [3.05, 3.63) is 81.7 Å². The fourth-order valence-corrected chi connectivity index (χ4v) is 5.24. The zero-order chi connectivity index (χ0) is 24.5. The number of carbonyl (C=O) groups is 3. The second kappa shape index (κ2) is 9.53. The average Bonchev–Trinajstić information content (AvgIpc) is 2.84. The molecule has 5 rings (SSSR count). The molecular formula is C29H30N2O4. The Morgan fingerprint density at radius 2 is 1.51 bits per heavy atom. The summed E-state index contributed by atoms with van der Waals surface area (Å²) in [6.07, 6.45) is 4.38. The molecule has 1 amide bonds. The van der Waals surface area contributed by atoms with Gasteiger partial charge < -0.3 is 15.4 Å². The molecule has 180 valence electrons. The van der Waals surface area contributed by atoms with E-state index in [0.29, 0.717) is 18.6 Å². The van der Waals surface area contributed by atoms with E-state index in [2.05, 4.69) is 10.6 Å². The van der Waals surface area contributed by atoms with Crippen molar-refractivity contribution in [1.82, 2.24) is 5.32 Å². The van der Waals surface area contributed by atoms with Gasteiger partial charge in [0.05, 0.1) is 0 Å². The Kier molecular flexibility index (Phi) is 6.29. The number of benzene rings is 2. The van der Waals surface area contributed by atoms with Gasteiger partial charge in [-0.2, -0.15) is 0 Å². The van der Waals surface area contributed by atoms with E-state index in [1.54, 1.807) is 0 Å². The van der Waals surface area contributed by atoms with Crippen molar-refractivity contribution in [2.75, 3.05) is 11.9 Å². The number of anilines is 1. The number of ether oxygens (including phenoxy) is 1. The lowest BCUT2D eigenvalue weighted by Crippen LogP contribution is -2.36. The third-order valence-corrected chi connectivity index (χ3v) is 7.17. The third kappa shape index (κ3) is 4.65. The topological polar surface area (TPSA) is 84.5 Å². The fourth-order valence-electron chi connectivity index (χ4n) is 5.24. The number of nitrogens with one attached hydrogen (secondary N) is 2. The second-order valence-corrected chi connectivity index (χ2v) is 9.60. The first-order chi connectivity index (χ1) is 16.9. The summed E-state index contributed by atoms with van der Waals surface area (Å²) in [4.78, 5) is 38.2. The third-order valence-electron chi connectivity index (χ3n) is 7.17. The van der Waals surface area contributed by atoms with Crippen molar-refractivity contribution in [2.45, 2.75) is 58.3 Å². The highest BCUT2D eigenvalue weighted by Crippen LogP contribution is 2.45. The van der Waals surface area contributed by atoms with E-state index < -0.39 is 0 Å². The molecule has 2 aromatic carbocycles. The summed E-state index contributed by atoms with van der Waals surface area (Å²) in [5.74, 6) is 0.241. The van der Waals surface area contributed by atoms with E-state index in [4.69, 9.17) is 4.74 Å². The summed E-state index contributed by atoms with van der Waals surface area (Å²) in [6, 6.07) is 13.2. The molecule has 1 aliphatic heterocycles. The van der Waals surface area contributed by atoms with Gasteiger partial charge in [0.25, 0.3) is 5.91 Å². The molecule has 6 nitrogen and oxygen atoms in total. The lowest BCUT2D eigenvalue weighted by Gasteiger charge is -2.37. The summed E-state index contributed by atoms with van der Waals surface area (Å²) in [7, 11) is 0. The average molecular weight is 471 g/mol.